The summed E-state index contributed by atoms with van der Waals surface area (Å²) in [6, 6.07) is 0. The van der Waals surface area contributed by atoms with E-state index in [2.05, 4.69) is 35.9 Å². The van der Waals surface area contributed by atoms with Crippen molar-refractivity contribution in [2.45, 2.75) is 46.0 Å². The Morgan fingerprint density at radius 1 is 1.18 bits per heavy atom. The summed E-state index contributed by atoms with van der Waals surface area (Å²) in [6.45, 7) is 4.50. The molecule has 0 radical (unpaired) electrons. The second-order valence-electron chi connectivity index (χ2n) is 2.84. The molecule has 0 rings (SSSR count). The number of allylic oxidation sites excluding steroid dienone is 2. The molecule has 0 N–H and O–H groups in total. The molecule has 0 saturated carbocycles. The van der Waals surface area contributed by atoms with Crippen LogP contribution in [-0.2, 0) is 0 Å². The monoisotopic (exact) mass is 218 g/mol. The Balaban J connectivity index is 3.66. The summed E-state index contributed by atoms with van der Waals surface area (Å²) in [6.07, 6.45) is 8.74. The summed E-state index contributed by atoms with van der Waals surface area (Å²) >= 11 is 3.44. The number of hydrogen-bond donors (Lipinski definition) is 0. The molecular formula is C10H19Br. The molecule has 66 valence electrons. The number of halogens is 1. The molecule has 0 atom stereocenters. The Labute approximate surface area is 79.2 Å². The topological polar surface area (TPSA) is 0 Å². The first-order valence-electron chi connectivity index (χ1n) is 4.59. The fraction of sp³-hybridized carbons (Fsp3) is 0.800. The van der Waals surface area contributed by atoms with Crippen LogP contribution in [0.5, 0.6) is 0 Å². The molecule has 0 aliphatic heterocycles. The van der Waals surface area contributed by atoms with Crippen LogP contribution in [0, 0.1) is 0 Å². The van der Waals surface area contributed by atoms with Gasteiger partial charge in [0.2, 0.25) is 0 Å². The van der Waals surface area contributed by atoms with Crippen LogP contribution in [0.2, 0.25) is 0 Å². The van der Waals surface area contributed by atoms with E-state index in [1.54, 1.807) is 5.57 Å². The van der Waals surface area contributed by atoms with Gasteiger partial charge in [0, 0.05) is 5.33 Å². The zero-order valence-corrected chi connectivity index (χ0v) is 9.28. The molecule has 0 aliphatic rings. The Hall–Kier alpha value is 0.220. The van der Waals surface area contributed by atoms with Gasteiger partial charge in [0.05, 0.1) is 0 Å². The van der Waals surface area contributed by atoms with Gasteiger partial charge in [-0.2, -0.15) is 0 Å². The van der Waals surface area contributed by atoms with Crippen LogP contribution in [0.4, 0.5) is 0 Å². The average Bonchev–Trinajstić information content (AvgIpc) is 2.01. The lowest BCUT2D eigenvalue weighted by Crippen LogP contribution is -1.83. The van der Waals surface area contributed by atoms with Crippen molar-refractivity contribution < 1.29 is 0 Å². The zero-order chi connectivity index (χ0) is 8.53. The van der Waals surface area contributed by atoms with Gasteiger partial charge in [0.25, 0.3) is 0 Å². The molecule has 0 aromatic rings. The van der Waals surface area contributed by atoms with E-state index in [0.717, 1.165) is 5.33 Å². The quantitative estimate of drug-likeness (QED) is 0.461. The van der Waals surface area contributed by atoms with Gasteiger partial charge >= 0.3 is 0 Å². The molecular weight excluding hydrogens is 200 g/mol. The third-order valence-electron chi connectivity index (χ3n) is 1.68. The Morgan fingerprint density at radius 3 is 2.09 bits per heavy atom. The first-order valence-corrected chi connectivity index (χ1v) is 5.71. The Morgan fingerprint density at radius 2 is 1.73 bits per heavy atom. The van der Waals surface area contributed by atoms with Crippen molar-refractivity contribution in [2.24, 2.45) is 0 Å². The smallest absolute Gasteiger partial charge is 0.00660 e. The third-order valence-corrected chi connectivity index (χ3v) is 2.14. The summed E-state index contributed by atoms with van der Waals surface area (Å²) in [5.41, 5.74) is 1.65. The van der Waals surface area contributed by atoms with Crippen LogP contribution < -0.4 is 0 Å². The highest BCUT2D eigenvalue weighted by Crippen LogP contribution is 2.12. The molecule has 0 heterocycles. The van der Waals surface area contributed by atoms with E-state index in [-0.39, 0.29) is 0 Å². The van der Waals surface area contributed by atoms with Crippen molar-refractivity contribution >= 4 is 15.9 Å². The van der Waals surface area contributed by atoms with E-state index in [4.69, 9.17) is 0 Å². The fourth-order valence-corrected chi connectivity index (χ4v) is 1.46. The van der Waals surface area contributed by atoms with Crippen LogP contribution in [-0.4, -0.2) is 5.33 Å². The Bertz CT molecular complexity index is 97.4. The van der Waals surface area contributed by atoms with E-state index in [9.17, 15) is 0 Å². The summed E-state index contributed by atoms with van der Waals surface area (Å²) in [5.74, 6) is 0. The normalized spacial score (nSPS) is 9.73. The van der Waals surface area contributed by atoms with E-state index < -0.39 is 0 Å². The lowest BCUT2D eigenvalue weighted by molar-refractivity contribution is 0.796. The minimum absolute atomic E-state index is 1.10. The molecule has 0 spiro atoms. The highest BCUT2D eigenvalue weighted by Gasteiger charge is 1.93. The highest BCUT2D eigenvalue weighted by molar-refractivity contribution is 9.09. The van der Waals surface area contributed by atoms with Crippen LogP contribution in [0.15, 0.2) is 11.6 Å². The summed E-state index contributed by atoms with van der Waals surface area (Å²) < 4.78 is 0. The maximum atomic E-state index is 3.44. The number of hydrogen-bond acceptors (Lipinski definition) is 0. The van der Waals surface area contributed by atoms with Crippen molar-refractivity contribution in [1.29, 1.82) is 0 Å². The third kappa shape index (κ3) is 6.61. The SMILES string of the molecule is CCCC(=CCCBr)CCC. The molecule has 0 aliphatic carbocycles. The second kappa shape index (κ2) is 8.32. The summed E-state index contributed by atoms with van der Waals surface area (Å²) in [5, 5.41) is 1.10. The molecule has 0 unspecified atom stereocenters. The molecule has 11 heavy (non-hydrogen) atoms. The first kappa shape index (κ1) is 11.2. The van der Waals surface area contributed by atoms with Crippen molar-refractivity contribution in [2.75, 3.05) is 5.33 Å². The lowest BCUT2D eigenvalue weighted by Gasteiger charge is -2.02. The average molecular weight is 219 g/mol. The van der Waals surface area contributed by atoms with Gasteiger partial charge in [-0.05, 0) is 19.3 Å². The largest absolute Gasteiger partial charge is 0.0925 e. The van der Waals surface area contributed by atoms with Gasteiger partial charge < -0.3 is 0 Å². The fourth-order valence-electron chi connectivity index (χ4n) is 1.23. The predicted octanol–water partition coefficient (Wildman–Crippen LogP) is 4.30. The van der Waals surface area contributed by atoms with Gasteiger partial charge in [-0.25, -0.2) is 0 Å². The van der Waals surface area contributed by atoms with E-state index in [1.165, 1.54) is 32.1 Å². The van der Waals surface area contributed by atoms with Crippen LogP contribution in [0.25, 0.3) is 0 Å². The number of rotatable bonds is 6. The number of alkyl halides is 1. The molecule has 0 amide bonds. The zero-order valence-electron chi connectivity index (χ0n) is 7.70. The van der Waals surface area contributed by atoms with Gasteiger partial charge in [-0.1, -0.05) is 54.3 Å². The maximum absolute atomic E-state index is 3.44. The second-order valence-corrected chi connectivity index (χ2v) is 3.63. The molecule has 0 fully saturated rings. The molecule has 0 nitrogen and oxygen atoms in total. The highest BCUT2D eigenvalue weighted by atomic mass is 79.9. The summed E-state index contributed by atoms with van der Waals surface area (Å²) in [4.78, 5) is 0. The van der Waals surface area contributed by atoms with Crippen molar-refractivity contribution in [3.63, 3.8) is 0 Å². The molecule has 0 bridgehead atoms. The minimum Gasteiger partial charge on any atom is -0.0925 e. The Kier molecular flexibility index (Phi) is 8.48. The molecule has 0 aromatic heterocycles. The van der Waals surface area contributed by atoms with E-state index in [1.807, 2.05) is 0 Å². The lowest BCUT2D eigenvalue weighted by atomic mass is 10.0. The first-order chi connectivity index (χ1) is 5.35. The van der Waals surface area contributed by atoms with Gasteiger partial charge in [0.1, 0.15) is 0 Å². The van der Waals surface area contributed by atoms with Crippen molar-refractivity contribution in [3.05, 3.63) is 11.6 Å². The van der Waals surface area contributed by atoms with Crippen LogP contribution in [0.3, 0.4) is 0 Å². The van der Waals surface area contributed by atoms with Gasteiger partial charge in [0.15, 0.2) is 0 Å². The van der Waals surface area contributed by atoms with Crippen molar-refractivity contribution in [1.82, 2.24) is 0 Å². The molecule has 0 aromatic carbocycles. The van der Waals surface area contributed by atoms with Crippen molar-refractivity contribution in [3.8, 4) is 0 Å². The van der Waals surface area contributed by atoms with Gasteiger partial charge in [-0.15, -0.1) is 0 Å². The van der Waals surface area contributed by atoms with Crippen LogP contribution >= 0.6 is 15.9 Å². The van der Waals surface area contributed by atoms with Crippen LogP contribution in [0.1, 0.15) is 46.0 Å². The minimum atomic E-state index is 1.10. The standard InChI is InChI=1S/C10H19Br/c1-3-6-10(7-4-2)8-5-9-11/h8H,3-7,9H2,1-2H3. The predicted molar refractivity (Wildman–Crippen MR) is 56.3 cm³/mol. The molecule has 1 heteroatoms. The van der Waals surface area contributed by atoms with E-state index >= 15 is 0 Å². The molecule has 0 saturated heterocycles. The maximum Gasteiger partial charge on any atom is 0.00660 e. The van der Waals surface area contributed by atoms with Gasteiger partial charge in [-0.3, -0.25) is 0 Å². The van der Waals surface area contributed by atoms with E-state index in [0.29, 0.717) is 0 Å². The summed E-state index contributed by atoms with van der Waals surface area (Å²) in [7, 11) is 0.